The van der Waals surface area contributed by atoms with Crippen LogP contribution < -0.4 is 11.2 Å². The SMILES string of the molecule is Cc1cn([C@H]2C[C@H](O)[C@@H](COP(=O)(O)O)O2)c(=O)[nH]c1=O.O=[N+]([O-])c1ccc(O)cc1. The quantitative estimate of drug-likeness (QED) is 0.225. The van der Waals surface area contributed by atoms with Gasteiger partial charge in [-0.3, -0.25) is 29.0 Å². The Morgan fingerprint density at radius 2 is 1.94 bits per heavy atom. The third-order valence-corrected chi connectivity index (χ3v) is 4.61. The summed E-state index contributed by atoms with van der Waals surface area (Å²) in [7, 11) is -4.67. The largest absolute Gasteiger partial charge is 0.508 e. The molecule has 5 N–H and O–H groups in total. The highest BCUT2D eigenvalue weighted by Crippen LogP contribution is 2.38. The summed E-state index contributed by atoms with van der Waals surface area (Å²) in [4.78, 5) is 51.8. The lowest BCUT2D eigenvalue weighted by molar-refractivity contribution is -0.384. The second kappa shape index (κ2) is 9.96. The molecule has 0 unspecified atom stereocenters. The Balaban J connectivity index is 0.000000285. The number of aliphatic hydroxyl groups is 1. The number of H-pyrrole nitrogens is 1. The maximum atomic E-state index is 11.7. The number of phenolic OH excluding ortho intramolecular Hbond substituents is 1. The molecule has 14 nitrogen and oxygen atoms in total. The van der Waals surface area contributed by atoms with Crippen molar-refractivity contribution in [2.75, 3.05) is 6.61 Å². The number of phenols is 1. The number of non-ortho nitro benzene ring substituents is 1. The molecule has 3 atom stereocenters. The monoisotopic (exact) mass is 461 g/mol. The second-order valence-electron chi connectivity index (χ2n) is 6.47. The lowest BCUT2D eigenvalue weighted by Crippen LogP contribution is -2.33. The molecule has 15 heteroatoms. The Kier molecular flexibility index (Phi) is 7.84. The fraction of sp³-hybridized carbons (Fsp3) is 0.375. The van der Waals surface area contributed by atoms with Crippen molar-refractivity contribution >= 4 is 13.5 Å². The molecule has 2 heterocycles. The van der Waals surface area contributed by atoms with E-state index in [-0.39, 0.29) is 17.9 Å². The first kappa shape index (κ1) is 24.4. The summed E-state index contributed by atoms with van der Waals surface area (Å²) >= 11 is 0. The van der Waals surface area contributed by atoms with Crippen molar-refractivity contribution < 1.29 is 38.7 Å². The van der Waals surface area contributed by atoms with Gasteiger partial charge in [0.15, 0.2) is 0 Å². The Morgan fingerprint density at radius 1 is 1.32 bits per heavy atom. The molecule has 2 aromatic rings. The average Bonchev–Trinajstić information content (AvgIpc) is 3.04. The molecule has 31 heavy (non-hydrogen) atoms. The van der Waals surface area contributed by atoms with Crippen molar-refractivity contribution in [2.24, 2.45) is 0 Å². The van der Waals surface area contributed by atoms with Gasteiger partial charge in [-0.1, -0.05) is 0 Å². The smallest absolute Gasteiger partial charge is 0.469 e. The van der Waals surface area contributed by atoms with E-state index in [4.69, 9.17) is 19.6 Å². The van der Waals surface area contributed by atoms with Gasteiger partial charge in [0.25, 0.3) is 11.2 Å². The van der Waals surface area contributed by atoms with Crippen LogP contribution in [-0.4, -0.2) is 53.3 Å². The van der Waals surface area contributed by atoms with E-state index in [0.29, 0.717) is 5.56 Å². The van der Waals surface area contributed by atoms with Crippen LogP contribution in [0.1, 0.15) is 18.2 Å². The molecule has 170 valence electrons. The van der Waals surface area contributed by atoms with Crippen molar-refractivity contribution in [3.8, 4) is 5.75 Å². The fourth-order valence-electron chi connectivity index (χ4n) is 2.58. The van der Waals surface area contributed by atoms with Crippen LogP contribution in [0.3, 0.4) is 0 Å². The zero-order valence-electron chi connectivity index (χ0n) is 16.0. The number of aryl methyl sites for hydroxylation is 1. The minimum absolute atomic E-state index is 0.0159. The van der Waals surface area contributed by atoms with Crippen molar-refractivity contribution in [3.05, 3.63) is 67.0 Å². The summed E-state index contributed by atoms with van der Waals surface area (Å²) in [6.45, 7) is 0.994. The van der Waals surface area contributed by atoms with E-state index in [1.165, 1.54) is 37.4 Å². The van der Waals surface area contributed by atoms with Crippen LogP contribution in [0.15, 0.2) is 40.1 Å². The lowest BCUT2D eigenvalue weighted by Gasteiger charge is -2.16. The van der Waals surface area contributed by atoms with E-state index in [9.17, 15) is 29.4 Å². The predicted molar refractivity (Wildman–Crippen MR) is 103 cm³/mol. The highest BCUT2D eigenvalue weighted by molar-refractivity contribution is 7.46. The Morgan fingerprint density at radius 3 is 2.48 bits per heavy atom. The van der Waals surface area contributed by atoms with Gasteiger partial charge in [0.05, 0.1) is 17.6 Å². The molecular weight excluding hydrogens is 441 g/mol. The van der Waals surface area contributed by atoms with Gasteiger partial charge in [0.1, 0.15) is 18.1 Å². The Labute approximate surface area is 173 Å². The number of aromatic hydroxyl groups is 1. The number of phosphoric acid groups is 1. The van der Waals surface area contributed by atoms with Crippen molar-refractivity contribution in [2.45, 2.75) is 31.8 Å². The molecule has 1 aliphatic heterocycles. The molecule has 1 aromatic carbocycles. The Hall–Kier alpha value is -2.87. The first-order valence-electron chi connectivity index (χ1n) is 8.66. The molecule has 0 spiro atoms. The number of rotatable bonds is 5. The standard InChI is InChI=1S/C10H15N2O8P.C6H5NO3/c1-5-3-12(10(15)11-9(5)14)8-2-6(13)7(20-8)4-19-21(16,17)18;8-6-3-1-5(2-4-6)7(9)10/h3,6-8,13H,2,4H2,1H3,(H,11,14,15)(H2,16,17,18);1-4,8H/t6-,7+,8+;/m0./s1. The number of hydrogen-bond acceptors (Lipinski definition) is 9. The van der Waals surface area contributed by atoms with Gasteiger partial charge in [0.2, 0.25) is 0 Å². The summed E-state index contributed by atoms with van der Waals surface area (Å²) in [5.74, 6) is 0.0330. The molecule has 1 fully saturated rings. The minimum atomic E-state index is -4.67. The summed E-state index contributed by atoms with van der Waals surface area (Å²) in [6.07, 6.45) is -1.57. The third-order valence-electron chi connectivity index (χ3n) is 4.13. The van der Waals surface area contributed by atoms with Gasteiger partial charge in [-0.15, -0.1) is 0 Å². The highest BCUT2D eigenvalue weighted by Gasteiger charge is 2.37. The number of aromatic nitrogens is 2. The van der Waals surface area contributed by atoms with Crippen LogP contribution in [-0.2, 0) is 13.8 Å². The zero-order chi connectivity index (χ0) is 23.3. The number of benzene rings is 1. The minimum Gasteiger partial charge on any atom is -0.508 e. The number of ether oxygens (including phenoxy) is 1. The normalized spacial score (nSPS) is 20.7. The maximum Gasteiger partial charge on any atom is 0.469 e. The summed E-state index contributed by atoms with van der Waals surface area (Å²) in [6, 6.07) is 5.04. The summed E-state index contributed by atoms with van der Waals surface area (Å²) in [5, 5.41) is 28.5. The van der Waals surface area contributed by atoms with E-state index < -0.39 is 49.0 Å². The number of phosphoric ester groups is 1. The molecule has 0 bridgehead atoms. The number of aromatic amines is 1. The van der Waals surface area contributed by atoms with E-state index in [1.54, 1.807) is 0 Å². The maximum absolute atomic E-state index is 11.7. The lowest BCUT2D eigenvalue weighted by atomic mass is 10.2. The second-order valence-corrected chi connectivity index (χ2v) is 7.71. The van der Waals surface area contributed by atoms with Crippen molar-refractivity contribution in [3.63, 3.8) is 0 Å². The number of nitro groups is 1. The van der Waals surface area contributed by atoms with Gasteiger partial charge in [-0.05, 0) is 19.1 Å². The van der Waals surface area contributed by atoms with Crippen LogP contribution in [0, 0.1) is 17.0 Å². The fourth-order valence-corrected chi connectivity index (χ4v) is 2.92. The molecule has 3 rings (SSSR count). The molecule has 0 aliphatic carbocycles. The molecule has 1 aromatic heterocycles. The number of nitro benzene ring substituents is 1. The van der Waals surface area contributed by atoms with Crippen molar-refractivity contribution in [1.29, 1.82) is 0 Å². The molecule has 0 radical (unpaired) electrons. The van der Waals surface area contributed by atoms with Crippen LogP contribution in [0.25, 0.3) is 0 Å². The van der Waals surface area contributed by atoms with Gasteiger partial charge in [0, 0.05) is 30.3 Å². The highest BCUT2D eigenvalue weighted by atomic mass is 31.2. The molecule has 0 saturated carbocycles. The average molecular weight is 461 g/mol. The molecular formula is C16H20N3O11P. The van der Waals surface area contributed by atoms with Crippen LogP contribution in [0.2, 0.25) is 0 Å². The topological polar surface area (TPSA) is 214 Å². The first-order chi connectivity index (χ1) is 14.4. The third kappa shape index (κ3) is 7.10. The molecule has 1 aliphatic rings. The van der Waals surface area contributed by atoms with Crippen LogP contribution in [0.4, 0.5) is 5.69 Å². The molecule has 1 saturated heterocycles. The number of nitrogens with one attached hydrogen (secondary N) is 1. The summed E-state index contributed by atoms with van der Waals surface area (Å²) in [5.41, 5.74) is -0.934. The van der Waals surface area contributed by atoms with Gasteiger partial charge in [-0.2, -0.15) is 0 Å². The van der Waals surface area contributed by atoms with E-state index in [0.717, 1.165) is 4.57 Å². The van der Waals surface area contributed by atoms with Gasteiger partial charge in [-0.25, -0.2) is 9.36 Å². The predicted octanol–water partition coefficient (Wildman–Crippen LogP) is -0.0969. The number of nitrogens with zero attached hydrogens (tertiary/aromatic N) is 2. The van der Waals surface area contributed by atoms with E-state index in [1.807, 2.05) is 0 Å². The summed E-state index contributed by atoms with van der Waals surface area (Å²) < 4.78 is 21.4. The zero-order valence-corrected chi connectivity index (χ0v) is 16.9. The number of hydrogen-bond donors (Lipinski definition) is 5. The van der Waals surface area contributed by atoms with E-state index >= 15 is 0 Å². The molecule has 0 amide bonds. The van der Waals surface area contributed by atoms with Gasteiger partial charge >= 0.3 is 13.5 Å². The van der Waals surface area contributed by atoms with E-state index in [2.05, 4.69) is 9.51 Å². The first-order valence-corrected chi connectivity index (χ1v) is 10.2. The van der Waals surface area contributed by atoms with Crippen LogP contribution >= 0.6 is 7.82 Å². The Bertz CT molecular complexity index is 1080. The van der Waals surface area contributed by atoms with Crippen molar-refractivity contribution in [1.82, 2.24) is 9.55 Å². The number of aliphatic hydroxyl groups excluding tert-OH is 1. The van der Waals surface area contributed by atoms with Crippen LogP contribution in [0.5, 0.6) is 5.75 Å². The van der Waals surface area contributed by atoms with Gasteiger partial charge < -0.3 is 24.7 Å².